The molecule has 0 aromatic rings. The molecule has 0 aromatic heterocycles. The van der Waals surface area contributed by atoms with E-state index in [1.807, 2.05) is 0 Å². The molecule has 0 aromatic carbocycles. The van der Waals surface area contributed by atoms with Crippen LogP contribution in [0.3, 0.4) is 0 Å². The molecule has 0 heterocycles. The van der Waals surface area contributed by atoms with Gasteiger partial charge < -0.3 is 12.3 Å². The van der Waals surface area contributed by atoms with Crippen molar-refractivity contribution in [1.29, 1.82) is 0 Å². The van der Waals surface area contributed by atoms with Crippen LogP contribution in [0.4, 0.5) is 0 Å². The number of nitrogens with two attached hydrogens (primary N) is 2. The van der Waals surface area contributed by atoms with E-state index in [9.17, 15) is 0 Å². The van der Waals surface area contributed by atoms with Gasteiger partial charge in [-0.2, -0.15) is 0 Å². The largest absolute Gasteiger partial charge is 0.693 e. The Kier molecular flexibility index (Phi) is 207. The summed E-state index contributed by atoms with van der Waals surface area (Å²) in [5.74, 6) is 0. The van der Waals surface area contributed by atoms with E-state index in [-0.39, 0.29) is 12.3 Å². The van der Waals surface area contributed by atoms with Gasteiger partial charge in [-0.25, -0.2) is 0 Å². The third-order valence-electron chi connectivity index (χ3n) is 0. The first-order valence-electron chi connectivity index (χ1n) is 0.126. The fourth-order valence-corrected chi connectivity index (χ4v) is 0. The minimum Gasteiger partial charge on any atom is -0.693 e. The van der Waals surface area contributed by atoms with Crippen molar-refractivity contribution in [1.82, 2.24) is 0 Å². The Bertz CT molecular complexity index is 6.00. The molecular weight excluding hydrogens is 167 g/mol. The topological polar surface area (TPSA) is 67.0 Å². The van der Waals surface area contributed by atoms with Gasteiger partial charge in [0.2, 0.25) is 0 Å². The summed E-state index contributed by atoms with van der Waals surface area (Å²) in [5, 5.41) is 0. The van der Waals surface area contributed by atoms with Crippen LogP contribution in [0.1, 0.15) is 0 Å². The van der Waals surface area contributed by atoms with Crippen LogP contribution >= 0.6 is 14.2 Å². The Balaban J connectivity index is -0.00000000500. The van der Waals surface area contributed by atoms with E-state index < -0.39 is 0 Å². The molecule has 4 heteroatoms. The Labute approximate surface area is 40.8 Å². The van der Waals surface area contributed by atoms with Crippen LogP contribution in [0.2, 0.25) is 0 Å². The molecule has 0 atom stereocenters. The van der Waals surface area contributed by atoms with Crippen molar-refractivity contribution in [3.8, 4) is 0 Å². The zero-order valence-corrected chi connectivity index (χ0v) is 4.49. The zero-order valence-electron chi connectivity index (χ0n) is 1.87. The number of hydrogen-bond acceptors (Lipinski definition) is 0. The predicted molar refractivity (Wildman–Crippen MR) is 19.5 cm³/mol. The van der Waals surface area contributed by atoms with Crippen molar-refractivity contribution in [2.45, 2.75) is 0 Å². The molecular formula is H4BrCoN2. The van der Waals surface area contributed by atoms with Gasteiger partial charge in [-0.15, -0.1) is 0 Å². The van der Waals surface area contributed by atoms with Crippen molar-refractivity contribution in [2.24, 2.45) is 0 Å². The van der Waals surface area contributed by atoms with E-state index in [1.54, 1.807) is 0 Å². The first-order valence-corrected chi connectivity index (χ1v) is 2.70. The third kappa shape index (κ3) is 12.9. The monoisotopic (exact) mass is 170 g/mol. The van der Waals surface area contributed by atoms with Crippen LogP contribution in [0.25, 0.3) is 12.3 Å². The van der Waals surface area contributed by atoms with Crippen molar-refractivity contribution >= 4 is 14.2 Å². The standard InChI is InChI=1S/BrH.Co.2H2N/h1H;;2*1H2/q;+3;2*-1/p-1. The Hall–Kier alpha value is 0.906. The molecule has 0 spiro atoms. The average molecular weight is 171 g/mol. The van der Waals surface area contributed by atoms with Crippen LogP contribution in [0, 0.1) is 0 Å². The molecule has 0 aliphatic carbocycles. The van der Waals surface area contributed by atoms with Gasteiger partial charge in [0.1, 0.15) is 0 Å². The maximum absolute atomic E-state index is 3.38. The van der Waals surface area contributed by atoms with Gasteiger partial charge in [0, 0.05) is 0 Å². The molecule has 0 aliphatic rings. The van der Waals surface area contributed by atoms with Crippen molar-refractivity contribution in [3.05, 3.63) is 12.3 Å². The molecule has 0 fully saturated rings. The molecule has 4 N–H and O–H groups in total. The summed E-state index contributed by atoms with van der Waals surface area (Å²) in [6.07, 6.45) is 0. The van der Waals surface area contributed by atoms with E-state index in [0.717, 1.165) is 0 Å². The molecule has 0 saturated carbocycles. The minimum absolute atomic E-state index is 0. The van der Waals surface area contributed by atoms with Crippen LogP contribution < -0.4 is 0 Å². The van der Waals surface area contributed by atoms with Gasteiger partial charge >= 0.3 is 28.1 Å². The zero-order chi connectivity index (χ0) is 2.00. The van der Waals surface area contributed by atoms with Crippen LogP contribution in [0.15, 0.2) is 0 Å². The molecule has 30 valence electrons. The third-order valence-corrected chi connectivity index (χ3v) is 0. The molecule has 0 bridgehead atoms. The van der Waals surface area contributed by atoms with E-state index in [2.05, 4.69) is 28.1 Å². The second-order valence-corrected chi connectivity index (χ2v) is 0. The summed E-state index contributed by atoms with van der Waals surface area (Å²) in [5.41, 5.74) is 0. The van der Waals surface area contributed by atoms with E-state index in [1.165, 1.54) is 0 Å². The normalized spacial score (nSPS) is 1.50. The van der Waals surface area contributed by atoms with Crippen molar-refractivity contribution in [2.75, 3.05) is 0 Å². The average Bonchev–Trinajstić information content (AvgIpc) is 1.00. The minimum atomic E-state index is 0. The summed E-state index contributed by atoms with van der Waals surface area (Å²) in [6.45, 7) is 0. The molecule has 2 nitrogen and oxygen atoms in total. The van der Waals surface area contributed by atoms with Gasteiger partial charge in [-0.1, -0.05) is 0 Å². The molecule has 0 saturated heterocycles. The first-order chi connectivity index (χ1) is 1.00. The number of rotatable bonds is 0. The molecule has 0 aliphatic heterocycles. The number of halogens is 1. The van der Waals surface area contributed by atoms with Gasteiger partial charge in [-0.3, -0.25) is 0 Å². The SMILES string of the molecule is [Co+2][Br].[NH2-].[NH2-]. The Morgan fingerprint density at radius 2 is 1.00 bits per heavy atom. The van der Waals surface area contributed by atoms with Gasteiger partial charge in [0.05, 0.1) is 0 Å². The predicted octanol–water partition coefficient (Wildman–Crippen LogP) is 2.28. The van der Waals surface area contributed by atoms with E-state index >= 15 is 0 Å². The van der Waals surface area contributed by atoms with Crippen LogP contribution in [0.5, 0.6) is 0 Å². The second-order valence-electron chi connectivity index (χ2n) is 0. The molecule has 0 rings (SSSR count). The summed E-state index contributed by atoms with van der Waals surface area (Å²) in [4.78, 5) is 0. The van der Waals surface area contributed by atoms with E-state index in [0.29, 0.717) is 0 Å². The van der Waals surface area contributed by atoms with Gasteiger partial charge in [-0.05, 0) is 0 Å². The summed E-state index contributed by atoms with van der Waals surface area (Å²) in [7, 11) is 0. The summed E-state index contributed by atoms with van der Waals surface area (Å²) in [6, 6.07) is 0. The van der Waals surface area contributed by atoms with Crippen LogP contribution in [-0.2, 0) is 13.9 Å². The first kappa shape index (κ1) is 20.6. The summed E-state index contributed by atoms with van der Waals surface area (Å²) >= 11 is 6.00. The maximum atomic E-state index is 3.38. The maximum Gasteiger partial charge on any atom is -0.693 e. The molecule has 0 radical (unpaired) electrons. The van der Waals surface area contributed by atoms with E-state index in [4.69, 9.17) is 0 Å². The fourth-order valence-electron chi connectivity index (χ4n) is 0. The quantitative estimate of drug-likeness (QED) is 0.536. The van der Waals surface area contributed by atoms with Crippen molar-refractivity contribution in [3.63, 3.8) is 0 Å². The Morgan fingerprint density at radius 3 is 1.00 bits per heavy atom. The van der Waals surface area contributed by atoms with Crippen molar-refractivity contribution < 1.29 is 13.9 Å². The smallest absolute Gasteiger partial charge is 0.693 e. The summed E-state index contributed by atoms with van der Waals surface area (Å²) < 4.78 is 0. The molecule has 0 unspecified atom stereocenters. The van der Waals surface area contributed by atoms with Gasteiger partial charge in [0.25, 0.3) is 0 Å². The molecule has 0 amide bonds. The van der Waals surface area contributed by atoms with Crippen LogP contribution in [-0.4, -0.2) is 0 Å². The van der Waals surface area contributed by atoms with Gasteiger partial charge in [0.15, 0.2) is 0 Å². The molecule has 4 heavy (non-hydrogen) atoms. The fraction of sp³-hybridized carbons (Fsp3) is 0. The number of hydrogen-bond donors (Lipinski definition) is 0. The Morgan fingerprint density at radius 1 is 1.00 bits per heavy atom. The second kappa shape index (κ2) is 40.2.